The number of phenolic OH excluding ortho intramolecular Hbond substituents is 1. The minimum absolute atomic E-state index is 0.231. The van der Waals surface area contributed by atoms with Crippen molar-refractivity contribution in [2.45, 2.75) is 13.8 Å². The number of aryl methyl sites for hydroxylation is 2. The number of aromatic nitrogens is 1. The summed E-state index contributed by atoms with van der Waals surface area (Å²) < 4.78 is 0. The van der Waals surface area contributed by atoms with E-state index in [0.29, 0.717) is 5.69 Å². The van der Waals surface area contributed by atoms with Crippen molar-refractivity contribution in [3.63, 3.8) is 0 Å². The molecule has 0 radical (unpaired) electrons. The molecule has 0 bridgehead atoms. The highest BCUT2D eigenvalue weighted by molar-refractivity contribution is 5.94. The SMILES string of the molecule is Cc1c(C=O)[nH]c2c(C)cc(O)cc12. The fourth-order valence-electron chi connectivity index (χ4n) is 1.72. The van der Waals surface area contributed by atoms with Gasteiger partial charge in [0, 0.05) is 10.9 Å². The molecular weight excluding hydrogens is 178 g/mol. The van der Waals surface area contributed by atoms with Gasteiger partial charge in [-0.05, 0) is 37.1 Å². The average molecular weight is 189 g/mol. The van der Waals surface area contributed by atoms with Gasteiger partial charge in [0.15, 0.2) is 6.29 Å². The van der Waals surface area contributed by atoms with Crippen LogP contribution in [-0.4, -0.2) is 16.4 Å². The maximum absolute atomic E-state index is 10.7. The van der Waals surface area contributed by atoms with E-state index in [9.17, 15) is 9.90 Å². The number of carbonyl (C=O) groups excluding carboxylic acids is 1. The number of H-pyrrole nitrogens is 1. The van der Waals surface area contributed by atoms with Crippen LogP contribution >= 0.6 is 0 Å². The maximum Gasteiger partial charge on any atom is 0.166 e. The molecule has 1 heterocycles. The molecule has 0 fully saturated rings. The van der Waals surface area contributed by atoms with E-state index in [-0.39, 0.29) is 5.75 Å². The third-order valence-electron chi connectivity index (χ3n) is 2.51. The minimum atomic E-state index is 0.231. The van der Waals surface area contributed by atoms with E-state index in [2.05, 4.69) is 4.98 Å². The van der Waals surface area contributed by atoms with Gasteiger partial charge in [-0.15, -0.1) is 0 Å². The first-order chi connectivity index (χ1) is 6.63. The predicted molar refractivity (Wildman–Crippen MR) is 54.8 cm³/mol. The number of hydrogen-bond donors (Lipinski definition) is 2. The molecule has 0 aliphatic heterocycles. The molecule has 0 aliphatic rings. The van der Waals surface area contributed by atoms with Crippen LogP contribution in [0.2, 0.25) is 0 Å². The van der Waals surface area contributed by atoms with Crippen molar-refractivity contribution >= 4 is 17.2 Å². The van der Waals surface area contributed by atoms with Gasteiger partial charge in [-0.2, -0.15) is 0 Å². The Morgan fingerprint density at radius 2 is 2.07 bits per heavy atom. The average Bonchev–Trinajstić information content (AvgIpc) is 2.44. The van der Waals surface area contributed by atoms with Crippen LogP contribution < -0.4 is 0 Å². The van der Waals surface area contributed by atoms with E-state index in [1.54, 1.807) is 12.1 Å². The molecule has 2 N–H and O–H groups in total. The van der Waals surface area contributed by atoms with Crippen LogP contribution in [0.5, 0.6) is 5.75 Å². The molecule has 0 amide bonds. The second-order valence-electron chi connectivity index (χ2n) is 3.47. The summed E-state index contributed by atoms with van der Waals surface area (Å²) in [5.74, 6) is 0.231. The highest BCUT2D eigenvalue weighted by Gasteiger charge is 2.09. The Balaban J connectivity index is 2.91. The summed E-state index contributed by atoms with van der Waals surface area (Å²) in [5, 5.41) is 10.3. The van der Waals surface area contributed by atoms with E-state index >= 15 is 0 Å². The van der Waals surface area contributed by atoms with E-state index in [1.165, 1.54) is 0 Å². The highest BCUT2D eigenvalue weighted by Crippen LogP contribution is 2.27. The molecule has 0 unspecified atom stereocenters. The Morgan fingerprint density at radius 3 is 2.71 bits per heavy atom. The fraction of sp³-hybridized carbons (Fsp3) is 0.182. The summed E-state index contributed by atoms with van der Waals surface area (Å²) in [7, 11) is 0. The first kappa shape index (κ1) is 8.81. The summed E-state index contributed by atoms with van der Waals surface area (Å²) in [6.07, 6.45) is 0.797. The number of carbonyl (C=O) groups is 1. The maximum atomic E-state index is 10.7. The Kier molecular flexibility index (Phi) is 1.81. The number of fused-ring (bicyclic) bond motifs is 1. The van der Waals surface area contributed by atoms with Gasteiger partial charge in [0.25, 0.3) is 0 Å². The van der Waals surface area contributed by atoms with Crippen molar-refractivity contribution < 1.29 is 9.90 Å². The van der Waals surface area contributed by atoms with Gasteiger partial charge in [-0.1, -0.05) is 0 Å². The van der Waals surface area contributed by atoms with Gasteiger partial charge in [-0.25, -0.2) is 0 Å². The molecule has 0 aliphatic carbocycles. The van der Waals surface area contributed by atoms with Crippen LogP contribution in [0.3, 0.4) is 0 Å². The summed E-state index contributed by atoms with van der Waals surface area (Å²) in [6, 6.07) is 3.34. The van der Waals surface area contributed by atoms with Crippen molar-refractivity contribution in [3.05, 3.63) is 29.0 Å². The van der Waals surface area contributed by atoms with Gasteiger partial charge in [-0.3, -0.25) is 4.79 Å². The zero-order valence-corrected chi connectivity index (χ0v) is 8.09. The number of aldehydes is 1. The lowest BCUT2D eigenvalue weighted by molar-refractivity contribution is 0.111. The Hall–Kier alpha value is -1.77. The van der Waals surface area contributed by atoms with E-state index in [1.807, 2.05) is 13.8 Å². The number of aromatic amines is 1. The van der Waals surface area contributed by atoms with E-state index in [4.69, 9.17) is 0 Å². The monoisotopic (exact) mass is 189 g/mol. The van der Waals surface area contributed by atoms with Crippen LogP contribution in [0.25, 0.3) is 10.9 Å². The minimum Gasteiger partial charge on any atom is -0.508 e. The predicted octanol–water partition coefficient (Wildman–Crippen LogP) is 2.30. The summed E-state index contributed by atoms with van der Waals surface area (Å²) in [6.45, 7) is 3.76. The number of phenols is 1. The lowest BCUT2D eigenvalue weighted by Crippen LogP contribution is -1.80. The molecule has 0 atom stereocenters. The van der Waals surface area contributed by atoms with Gasteiger partial charge in [0.2, 0.25) is 0 Å². The standard InChI is InChI=1S/C11H11NO2/c1-6-3-8(14)4-9-7(2)10(5-13)12-11(6)9/h3-5,12,14H,1-2H3. The largest absolute Gasteiger partial charge is 0.508 e. The Labute approximate surface area is 81.4 Å². The van der Waals surface area contributed by atoms with Crippen molar-refractivity contribution in [2.24, 2.45) is 0 Å². The van der Waals surface area contributed by atoms with Crippen molar-refractivity contribution in [3.8, 4) is 5.75 Å². The normalized spacial score (nSPS) is 10.7. The molecule has 0 saturated carbocycles. The quantitative estimate of drug-likeness (QED) is 0.676. The molecule has 3 nitrogen and oxygen atoms in total. The summed E-state index contributed by atoms with van der Waals surface area (Å²) >= 11 is 0. The molecule has 3 heteroatoms. The van der Waals surface area contributed by atoms with Gasteiger partial charge >= 0.3 is 0 Å². The summed E-state index contributed by atoms with van der Waals surface area (Å²) in [5.41, 5.74) is 3.32. The molecule has 2 rings (SSSR count). The smallest absolute Gasteiger partial charge is 0.166 e. The molecule has 1 aromatic heterocycles. The molecular formula is C11H11NO2. The van der Waals surface area contributed by atoms with Gasteiger partial charge < -0.3 is 10.1 Å². The third kappa shape index (κ3) is 1.09. The molecule has 72 valence electrons. The Bertz CT molecular complexity index is 511. The second-order valence-corrected chi connectivity index (χ2v) is 3.47. The van der Waals surface area contributed by atoms with Crippen LogP contribution in [-0.2, 0) is 0 Å². The second kappa shape index (κ2) is 2.87. The number of hydrogen-bond acceptors (Lipinski definition) is 2. The lowest BCUT2D eigenvalue weighted by atomic mass is 10.1. The number of aromatic hydroxyl groups is 1. The zero-order valence-electron chi connectivity index (χ0n) is 8.09. The molecule has 2 aromatic rings. The van der Waals surface area contributed by atoms with E-state index in [0.717, 1.165) is 28.3 Å². The first-order valence-corrected chi connectivity index (χ1v) is 4.40. The van der Waals surface area contributed by atoms with Crippen LogP contribution in [0.15, 0.2) is 12.1 Å². The summed E-state index contributed by atoms with van der Waals surface area (Å²) in [4.78, 5) is 13.7. The molecule has 0 saturated heterocycles. The fourth-order valence-corrected chi connectivity index (χ4v) is 1.72. The third-order valence-corrected chi connectivity index (χ3v) is 2.51. The number of benzene rings is 1. The number of nitrogens with one attached hydrogen (secondary N) is 1. The molecule has 1 aromatic carbocycles. The van der Waals surface area contributed by atoms with Crippen molar-refractivity contribution in [2.75, 3.05) is 0 Å². The van der Waals surface area contributed by atoms with Crippen LogP contribution in [0, 0.1) is 13.8 Å². The number of rotatable bonds is 1. The van der Waals surface area contributed by atoms with E-state index < -0.39 is 0 Å². The van der Waals surface area contributed by atoms with Crippen molar-refractivity contribution in [1.29, 1.82) is 0 Å². The first-order valence-electron chi connectivity index (χ1n) is 4.40. The van der Waals surface area contributed by atoms with Crippen LogP contribution in [0.1, 0.15) is 21.6 Å². The topological polar surface area (TPSA) is 53.1 Å². The highest BCUT2D eigenvalue weighted by atomic mass is 16.3. The lowest BCUT2D eigenvalue weighted by Gasteiger charge is -1.98. The van der Waals surface area contributed by atoms with Gasteiger partial charge in [0.1, 0.15) is 5.75 Å². The van der Waals surface area contributed by atoms with Crippen molar-refractivity contribution in [1.82, 2.24) is 4.98 Å². The molecule has 0 spiro atoms. The van der Waals surface area contributed by atoms with Gasteiger partial charge in [0.05, 0.1) is 5.69 Å². The molecule has 14 heavy (non-hydrogen) atoms. The Morgan fingerprint density at radius 1 is 1.36 bits per heavy atom. The van der Waals surface area contributed by atoms with Crippen LogP contribution in [0.4, 0.5) is 0 Å². The zero-order chi connectivity index (χ0) is 10.3.